The van der Waals surface area contributed by atoms with Crippen LogP contribution in [0.5, 0.6) is 0 Å². The fourth-order valence-corrected chi connectivity index (χ4v) is 2.37. The fourth-order valence-electron chi connectivity index (χ4n) is 2.37. The summed E-state index contributed by atoms with van der Waals surface area (Å²) in [7, 11) is 0. The highest BCUT2D eigenvalue weighted by molar-refractivity contribution is 5.65. The van der Waals surface area contributed by atoms with E-state index in [4.69, 9.17) is 0 Å². The molecule has 2 rings (SSSR count). The van der Waals surface area contributed by atoms with Crippen LogP contribution in [0.3, 0.4) is 0 Å². The Labute approximate surface area is 147 Å². The van der Waals surface area contributed by atoms with Gasteiger partial charge in [0, 0.05) is 17.1 Å². The quantitative estimate of drug-likeness (QED) is 0.603. The van der Waals surface area contributed by atoms with Gasteiger partial charge in [0.05, 0.1) is 0 Å². The average Bonchev–Trinajstić information content (AvgIpc) is 2.52. The van der Waals surface area contributed by atoms with Crippen LogP contribution in [-0.2, 0) is 0 Å². The summed E-state index contributed by atoms with van der Waals surface area (Å²) in [5.74, 6) is 0.562. The van der Waals surface area contributed by atoms with Crippen LogP contribution in [0.25, 0.3) is 0 Å². The molecule has 0 saturated carbocycles. The Morgan fingerprint density at radius 3 is 2.21 bits per heavy atom. The van der Waals surface area contributed by atoms with E-state index in [1.54, 1.807) is 0 Å². The maximum absolute atomic E-state index is 3.46. The number of anilines is 3. The Morgan fingerprint density at radius 2 is 1.58 bits per heavy atom. The monoisotopic (exact) mass is 322 g/mol. The first-order chi connectivity index (χ1) is 11.3. The largest absolute Gasteiger partial charge is 0.362 e. The molecular weight excluding hydrogens is 292 g/mol. The second kappa shape index (κ2) is 8.05. The van der Waals surface area contributed by atoms with Gasteiger partial charge in [0.15, 0.2) is 0 Å². The number of benzene rings is 2. The number of allylic oxidation sites excluding steroid dienone is 1. The van der Waals surface area contributed by atoms with Gasteiger partial charge in [0.25, 0.3) is 0 Å². The first-order valence-corrected chi connectivity index (χ1v) is 8.72. The molecule has 128 valence electrons. The predicted octanol–water partition coefficient (Wildman–Crippen LogP) is 6.92. The highest BCUT2D eigenvalue weighted by atomic mass is 14.9. The van der Waals surface area contributed by atoms with E-state index in [9.17, 15) is 0 Å². The molecule has 0 aromatic heterocycles. The lowest BCUT2D eigenvalue weighted by atomic mass is 9.92. The van der Waals surface area contributed by atoms with Crippen LogP contribution in [0.2, 0.25) is 0 Å². The molecule has 0 heterocycles. The van der Waals surface area contributed by atoms with Crippen molar-refractivity contribution in [1.82, 2.24) is 0 Å². The molecule has 0 amide bonds. The molecule has 24 heavy (non-hydrogen) atoms. The van der Waals surface area contributed by atoms with E-state index in [2.05, 4.69) is 99.9 Å². The van der Waals surface area contributed by atoms with E-state index in [-0.39, 0.29) is 0 Å². The standard InChI is InChI=1S/C22H30N2/c1-17(2)18-10-12-19(13-11-18)24-21-9-6-8-20(16-21)23-15-7-14-22(3,4)5/h6-13,15-17,23-24H,14H2,1-5H3/b15-7+. The van der Waals surface area contributed by atoms with Crippen LogP contribution in [0.1, 0.15) is 52.5 Å². The molecule has 0 aliphatic heterocycles. The topological polar surface area (TPSA) is 24.1 Å². The fraction of sp³-hybridized carbons (Fsp3) is 0.364. The van der Waals surface area contributed by atoms with Crippen LogP contribution in [0.15, 0.2) is 60.8 Å². The van der Waals surface area contributed by atoms with Crippen molar-refractivity contribution in [3.63, 3.8) is 0 Å². The van der Waals surface area contributed by atoms with Crippen molar-refractivity contribution in [3.8, 4) is 0 Å². The van der Waals surface area contributed by atoms with Crippen LogP contribution >= 0.6 is 0 Å². The molecule has 2 nitrogen and oxygen atoms in total. The molecule has 0 aliphatic rings. The lowest BCUT2D eigenvalue weighted by Crippen LogP contribution is -2.02. The van der Waals surface area contributed by atoms with Crippen molar-refractivity contribution < 1.29 is 0 Å². The molecule has 0 saturated heterocycles. The zero-order chi connectivity index (χ0) is 17.6. The van der Waals surface area contributed by atoms with Crippen molar-refractivity contribution in [2.24, 2.45) is 5.41 Å². The van der Waals surface area contributed by atoms with Crippen LogP contribution < -0.4 is 10.6 Å². The molecule has 2 aromatic carbocycles. The molecular formula is C22H30N2. The number of nitrogens with one attached hydrogen (secondary N) is 2. The predicted molar refractivity (Wildman–Crippen MR) is 107 cm³/mol. The van der Waals surface area contributed by atoms with Gasteiger partial charge in [-0.3, -0.25) is 0 Å². The Balaban J connectivity index is 1.97. The second-order valence-electron chi connectivity index (χ2n) is 7.79. The molecule has 0 unspecified atom stereocenters. The smallest absolute Gasteiger partial charge is 0.0405 e. The maximum Gasteiger partial charge on any atom is 0.0405 e. The summed E-state index contributed by atoms with van der Waals surface area (Å²) >= 11 is 0. The van der Waals surface area contributed by atoms with Crippen molar-refractivity contribution >= 4 is 17.1 Å². The van der Waals surface area contributed by atoms with Gasteiger partial charge < -0.3 is 10.6 Å². The van der Waals surface area contributed by atoms with E-state index in [1.165, 1.54) is 5.56 Å². The van der Waals surface area contributed by atoms with E-state index in [0.29, 0.717) is 11.3 Å². The van der Waals surface area contributed by atoms with Gasteiger partial charge in [0.2, 0.25) is 0 Å². The first-order valence-electron chi connectivity index (χ1n) is 8.72. The number of hydrogen-bond donors (Lipinski definition) is 2. The minimum Gasteiger partial charge on any atom is -0.362 e. The summed E-state index contributed by atoms with van der Waals surface area (Å²) in [6.07, 6.45) is 5.27. The molecule has 0 aliphatic carbocycles. The highest BCUT2D eigenvalue weighted by Crippen LogP contribution is 2.23. The Kier molecular flexibility index (Phi) is 6.08. The summed E-state index contributed by atoms with van der Waals surface area (Å²) in [4.78, 5) is 0. The average molecular weight is 322 g/mol. The molecule has 2 N–H and O–H groups in total. The third-order valence-corrected chi connectivity index (χ3v) is 3.83. The van der Waals surface area contributed by atoms with Crippen molar-refractivity contribution in [2.45, 2.75) is 47.0 Å². The highest BCUT2D eigenvalue weighted by Gasteiger charge is 2.06. The molecule has 0 spiro atoms. The van der Waals surface area contributed by atoms with E-state index in [1.807, 2.05) is 6.20 Å². The van der Waals surface area contributed by atoms with Crippen LogP contribution in [0.4, 0.5) is 17.1 Å². The van der Waals surface area contributed by atoms with Crippen LogP contribution in [-0.4, -0.2) is 0 Å². The molecule has 2 heteroatoms. The van der Waals surface area contributed by atoms with Crippen molar-refractivity contribution in [2.75, 3.05) is 10.6 Å². The minimum atomic E-state index is 0.323. The lowest BCUT2D eigenvalue weighted by Gasteiger charge is -2.14. The van der Waals surface area contributed by atoms with Gasteiger partial charge in [0.1, 0.15) is 0 Å². The summed E-state index contributed by atoms with van der Waals surface area (Å²) in [5, 5.41) is 6.81. The van der Waals surface area contributed by atoms with Crippen molar-refractivity contribution in [3.05, 3.63) is 66.4 Å². The zero-order valence-corrected chi connectivity index (χ0v) is 15.6. The maximum atomic E-state index is 3.46. The number of hydrogen-bond acceptors (Lipinski definition) is 2. The molecule has 0 atom stereocenters. The third-order valence-electron chi connectivity index (χ3n) is 3.83. The second-order valence-corrected chi connectivity index (χ2v) is 7.79. The molecule has 2 aromatic rings. The van der Waals surface area contributed by atoms with Gasteiger partial charge in [-0.15, -0.1) is 0 Å². The van der Waals surface area contributed by atoms with Gasteiger partial charge >= 0.3 is 0 Å². The van der Waals surface area contributed by atoms with E-state index < -0.39 is 0 Å². The van der Waals surface area contributed by atoms with Crippen LogP contribution in [0, 0.1) is 5.41 Å². The van der Waals surface area contributed by atoms with Crippen molar-refractivity contribution in [1.29, 1.82) is 0 Å². The van der Waals surface area contributed by atoms with Gasteiger partial charge in [-0.2, -0.15) is 0 Å². The molecule has 0 bridgehead atoms. The summed E-state index contributed by atoms with van der Waals surface area (Å²) in [6.45, 7) is 11.2. The minimum absolute atomic E-state index is 0.323. The summed E-state index contributed by atoms with van der Waals surface area (Å²) in [6, 6.07) is 17.0. The number of rotatable bonds is 6. The molecule has 0 radical (unpaired) electrons. The Bertz CT molecular complexity index is 661. The summed E-state index contributed by atoms with van der Waals surface area (Å²) < 4.78 is 0. The SMILES string of the molecule is CC(C)c1ccc(Nc2cccc(N/C=C/CC(C)(C)C)c2)cc1. The Morgan fingerprint density at radius 1 is 0.917 bits per heavy atom. The van der Waals surface area contributed by atoms with Gasteiger partial charge in [-0.1, -0.05) is 58.9 Å². The lowest BCUT2D eigenvalue weighted by molar-refractivity contribution is 0.420. The van der Waals surface area contributed by atoms with E-state index in [0.717, 1.165) is 23.5 Å². The normalized spacial score (nSPS) is 11.9. The van der Waals surface area contributed by atoms with Gasteiger partial charge in [-0.05, 0) is 59.8 Å². The summed E-state index contributed by atoms with van der Waals surface area (Å²) in [5.41, 5.74) is 4.97. The Hall–Kier alpha value is -2.22. The third kappa shape index (κ3) is 6.11. The zero-order valence-electron chi connectivity index (χ0n) is 15.6. The van der Waals surface area contributed by atoms with E-state index >= 15 is 0 Å². The molecule has 0 fully saturated rings. The first kappa shape index (κ1) is 18.1. The van der Waals surface area contributed by atoms with Gasteiger partial charge in [-0.25, -0.2) is 0 Å².